The summed E-state index contributed by atoms with van der Waals surface area (Å²) in [6.07, 6.45) is 1.68. The summed E-state index contributed by atoms with van der Waals surface area (Å²) in [5.41, 5.74) is 3.52. The van der Waals surface area contributed by atoms with Crippen molar-refractivity contribution in [1.82, 2.24) is 19.9 Å². The van der Waals surface area contributed by atoms with Crippen molar-refractivity contribution in [3.63, 3.8) is 0 Å². The molecule has 0 atom stereocenters. The van der Waals surface area contributed by atoms with Gasteiger partial charge in [-0.25, -0.2) is 15.0 Å². The largest absolute Gasteiger partial charge is 0.382 e. The number of aromatic nitrogens is 4. The molecule has 0 saturated heterocycles. The number of methoxy groups -OCH3 is 1. The fourth-order valence-electron chi connectivity index (χ4n) is 3.01. The molecule has 4 aromatic rings. The molecule has 3 heterocycles. The van der Waals surface area contributed by atoms with E-state index in [1.807, 2.05) is 36.4 Å². The van der Waals surface area contributed by atoms with Crippen molar-refractivity contribution in [2.45, 2.75) is 6.61 Å². The van der Waals surface area contributed by atoms with Crippen molar-refractivity contribution in [1.29, 1.82) is 0 Å². The second-order valence-electron chi connectivity index (χ2n) is 6.76. The first kappa shape index (κ1) is 21.1. The summed E-state index contributed by atoms with van der Waals surface area (Å²) < 4.78 is 10.6. The fourth-order valence-corrected chi connectivity index (χ4v) is 3.23. The molecule has 0 spiro atoms. The minimum atomic E-state index is 0.236. The molecule has 0 bridgehead atoms. The third-order valence-electron chi connectivity index (χ3n) is 4.46. The minimum absolute atomic E-state index is 0.236. The van der Waals surface area contributed by atoms with Crippen LogP contribution in [0.25, 0.3) is 22.4 Å². The van der Waals surface area contributed by atoms with Crippen LogP contribution >= 0.6 is 11.6 Å². The van der Waals surface area contributed by atoms with Crippen LogP contribution in [0.1, 0.15) is 11.4 Å². The van der Waals surface area contributed by atoms with Crippen LogP contribution < -0.4 is 5.32 Å². The van der Waals surface area contributed by atoms with Gasteiger partial charge in [0.15, 0.2) is 11.5 Å². The highest BCUT2D eigenvalue weighted by Crippen LogP contribution is 2.28. The molecule has 4 rings (SSSR count). The number of hydrogen-bond donors (Lipinski definition) is 1. The topological polar surface area (TPSA) is 82.1 Å². The van der Waals surface area contributed by atoms with E-state index in [1.165, 1.54) is 0 Å². The highest BCUT2D eigenvalue weighted by Gasteiger charge is 2.13. The number of fused-ring (bicyclic) bond motifs is 1. The van der Waals surface area contributed by atoms with E-state index < -0.39 is 0 Å². The molecule has 0 aliphatic carbocycles. The molecule has 1 N–H and O–H groups in total. The lowest BCUT2D eigenvalue weighted by atomic mass is 10.2. The Morgan fingerprint density at radius 3 is 2.74 bits per heavy atom. The Kier molecular flexibility index (Phi) is 6.66. The normalized spacial score (nSPS) is 11.1. The van der Waals surface area contributed by atoms with Crippen LogP contribution in [0, 0.1) is 6.92 Å². The number of ether oxygens (including phenoxy) is 2. The standard InChI is InChI=1S/C23H21ClN5O2/c1-15-5-3-6-16(13-15)26-22-17-8-9-19(21-18(24)7-4-10-25-21)27-23(17)29-20(28-22)14-31-12-11-30-2/h3-10,13H,1,11-12,14H2,2H3,(H,26,27,28,29). The van der Waals surface area contributed by atoms with Crippen LogP contribution in [0.3, 0.4) is 0 Å². The Bertz CT molecular complexity index is 1200. The average Bonchev–Trinajstić information content (AvgIpc) is 2.77. The Labute approximate surface area is 185 Å². The molecule has 0 aliphatic heterocycles. The predicted octanol–water partition coefficient (Wildman–Crippen LogP) is 4.83. The first-order valence-corrected chi connectivity index (χ1v) is 10.1. The summed E-state index contributed by atoms with van der Waals surface area (Å²) in [4.78, 5) is 18.3. The van der Waals surface area contributed by atoms with Gasteiger partial charge in [0.25, 0.3) is 0 Å². The van der Waals surface area contributed by atoms with Crippen LogP contribution in [0.2, 0.25) is 5.02 Å². The van der Waals surface area contributed by atoms with E-state index in [1.54, 1.807) is 25.4 Å². The summed E-state index contributed by atoms with van der Waals surface area (Å²) in [5, 5.41) is 4.64. The van der Waals surface area contributed by atoms with Crippen molar-refractivity contribution in [2.24, 2.45) is 0 Å². The van der Waals surface area contributed by atoms with E-state index >= 15 is 0 Å². The van der Waals surface area contributed by atoms with Crippen LogP contribution in [-0.2, 0) is 16.1 Å². The summed E-state index contributed by atoms with van der Waals surface area (Å²) in [6, 6.07) is 15.1. The zero-order valence-corrected chi connectivity index (χ0v) is 17.8. The molecule has 7 nitrogen and oxygen atoms in total. The van der Waals surface area contributed by atoms with Crippen LogP contribution in [0.4, 0.5) is 11.5 Å². The van der Waals surface area contributed by atoms with Gasteiger partial charge in [-0.2, -0.15) is 0 Å². The molecule has 1 aromatic carbocycles. The Hall–Kier alpha value is -3.13. The van der Waals surface area contributed by atoms with E-state index in [0.717, 1.165) is 16.6 Å². The van der Waals surface area contributed by atoms with Crippen molar-refractivity contribution in [3.05, 3.63) is 78.1 Å². The molecule has 0 saturated carbocycles. The molecule has 3 aromatic heterocycles. The van der Waals surface area contributed by atoms with Crippen molar-refractivity contribution < 1.29 is 9.47 Å². The Morgan fingerprint density at radius 1 is 1.03 bits per heavy atom. The van der Waals surface area contributed by atoms with Gasteiger partial charge < -0.3 is 14.8 Å². The molecule has 8 heteroatoms. The molecular formula is C23H21ClN5O2. The minimum Gasteiger partial charge on any atom is -0.382 e. The van der Waals surface area contributed by atoms with E-state index in [-0.39, 0.29) is 6.61 Å². The monoisotopic (exact) mass is 434 g/mol. The van der Waals surface area contributed by atoms with Gasteiger partial charge in [0.2, 0.25) is 0 Å². The Balaban J connectivity index is 1.75. The van der Waals surface area contributed by atoms with Gasteiger partial charge in [-0.15, -0.1) is 0 Å². The molecule has 157 valence electrons. The first-order valence-electron chi connectivity index (χ1n) is 9.68. The second-order valence-corrected chi connectivity index (χ2v) is 7.17. The fraction of sp³-hybridized carbons (Fsp3) is 0.174. The van der Waals surface area contributed by atoms with Crippen molar-refractivity contribution >= 4 is 34.1 Å². The maximum absolute atomic E-state index is 6.31. The molecule has 1 radical (unpaired) electrons. The smallest absolute Gasteiger partial charge is 0.165 e. The number of pyridine rings is 2. The lowest BCUT2D eigenvalue weighted by Crippen LogP contribution is -2.07. The van der Waals surface area contributed by atoms with Gasteiger partial charge in [0.05, 0.1) is 29.3 Å². The van der Waals surface area contributed by atoms with Crippen LogP contribution in [-0.4, -0.2) is 40.3 Å². The number of nitrogens with one attached hydrogen (secondary N) is 1. The number of benzene rings is 1. The zero-order chi connectivity index (χ0) is 21.6. The SMILES string of the molecule is [CH2]c1cccc(Nc2nc(COCCOC)nc3nc(-c4ncccc4Cl)ccc23)c1. The summed E-state index contributed by atoms with van der Waals surface area (Å²) >= 11 is 6.31. The number of hydrogen-bond acceptors (Lipinski definition) is 7. The molecule has 0 aliphatic rings. The summed E-state index contributed by atoms with van der Waals surface area (Å²) in [5.74, 6) is 1.14. The number of nitrogens with zero attached hydrogens (tertiary/aromatic N) is 4. The van der Waals surface area contributed by atoms with E-state index in [4.69, 9.17) is 26.1 Å². The lowest BCUT2D eigenvalue weighted by molar-refractivity contribution is 0.0588. The van der Waals surface area contributed by atoms with Gasteiger partial charge >= 0.3 is 0 Å². The van der Waals surface area contributed by atoms with E-state index in [9.17, 15) is 0 Å². The van der Waals surface area contributed by atoms with E-state index in [2.05, 4.69) is 27.2 Å². The highest BCUT2D eigenvalue weighted by molar-refractivity contribution is 6.32. The van der Waals surface area contributed by atoms with Crippen LogP contribution in [0.15, 0.2) is 54.7 Å². The van der Waals surface area contributed by atoms with Gasteiger partial charge in [-0.1, -0.05) is 23.7 Å². The Morgan fingerprint density at radius 2 is 1.94 bits per heavy atom. The lowest BCUT2D eigenvalue weighted by Gasteiger charge is -2.12. The van der Waals surface area contributed by atoms with Gasteiger partial charge in [0.1, 0.15) is 18.1 Å². The zero-order valence-electron chi connectivity index (χ0n) is 17.0. The molecule has 0 amide bonds. The number of anilines is 2. The second kappa shape index (κ2) is 9.78. The molecule has 0 fully saturated rings. The number of rotatable bonds is 8. The van der Waals surface area contributed by atoms with Gasteiger partial charge in [0, 0.05) is 19.0 Å². The van der Waals surface area contributed by atoms with E-state index in [0.29, 0.717) is 46.9 Å². The highest BCUT2D eigenvalue weighted by atomic mass is 35.5. The maximum Gasteiger partial charge on any atom is 0.165 e. The predicted molar refractivity (Wildman–Crippen MR) is 121 cm³/mol. The number of halogens is 1. The van der Waals surface area contributed by atoms with Crippen molar-refractivity contribution in [2.75, 3.05) is 25.6 Å². The summed E-state index contributed by atoms with van der Waals surface area (Å²) in [7, 11) is 1.63. The van der Waals surface area contributed by atoms with Crippen LogP contribution in [0.5, 0.6) is 0 Å². The van der Waals surface area contributed by atoms with Gasteiger partial charge in [-0.3, -0.25) is 4.98 Å². The third-order valence-corrected chi connectivity index (χ3v) is 4.76. The average molecular weight is 435 g/mol. The molecular weight excluding hydrogens is 414 g/mol. The third kappa shape index (κ3) is 5.14. The quantitative estimate of drug-likeness (QED) is 0.398. The van der Waals surface area contributed by atoms with Crippen molar-refractivity contribution in [3.8, 4) is 11.4 Å². The molecule has 31 heavy (non-hydrogen) atoms. The summed E-state index contributed by atoms with van der Waals surface area (Å²) in [6.45, 7) is 5.15. The molecule has 0 unspecified atom stereocenters. The van der Waals surface area contributed by atoms with Gasteiger partial charge in [-0.05, 0) is 48.9 Å². The first-order chi connectivity index (χ1) is 15.1. The maximum atomic E-state index is 6.31.